The summed E-state index contributed by atoms with van der Waals surface area (Å²) in [6.07, 6.45) is 13.3. The second-order valence-corrected chi connectivity index (χ2v) is 7.67. The molecule has 4 nitrogen and oxygen atoms in total. The summed E-state index contributed by atoms with van der Waals surface area (Å²) in [6, 6.07) is 0. The van der Waals surface area contributed by atoms with Crippen LogP contribution in [-0.4, -0.2) is 29.9 Å². The third kappa shape index (κ3) is 13.3. The first kappa shape index (κ1) is 20.9. The molecule has 21 heavy (non-hydrogen) atoms. The Morgan fingerprint density at radius 2 is 1.19 bits per heavy atom. The average Bonchev–Trinajstić information content (AvgIpc) is 2.42. The van der Waals surface area contributed by atoms with E-state index in [0.717, 1.165) is 38.5 Å². The number of hydrogen-bond acceptors (Lipinski definition) is 3. The van der Waals surface area contributed by atoms with Crippen molar-refractivity contribution in [3.05, 3.63) is 0 Å². The molecule has 0 radical (unpaired) electrons. The minimum atomic E-state index is -3.86. The van der Waals surface area contributed by atoms with Crippen LogP contribution in [-0.2, 0) is 10.1 Å². The van der Waals surface area contributed by atoms with Gasteiger partial charge >= 0.3 is 0 Å². The Bertz CT molecular complexity index is 314. The van der Waals surface area contributed by atoms with Crippen molar-refractivity contribution in [2.75, 3.05) is 6.61 Å². The first-order valence-electron chi connectivity index (χ1n) is 8.59. The third-order valence-corrected chi connectivity index (χ3v) is 5.28. The van der Waals surface area contributed by atoms with Gasteiger partial charge in [0.05, 0.1) is 5.25 Å². The Morgan fingerprint density at radius 3 is 1.57 bits per heavy atom. The van der Waals surface area contributed by atoms with Crippen LogP contribution in [0.15, 0.2) is 0 Å². The van der Waals surface area contributed by atoms with Crippen molar-refractivity contribution in [3.8, 4) is 0 Å². The SMILES string of the molecule is CCCC(CCCCCCCCCCCCO)S(=O)(=O)O. The van der Waals surface area contributed by atoms with Crippen molar-refractivity contribution < 1.29 is 18.1 Å². The maximum absolute atomic E-state index is 11.2. The van der Waals surface area contributed by atoms with Gasteiger partial charge in [0.1, 0.15) is 0 Å². The van der Waals surface area contributed by atoms with Gasteiger partial charge in [-0.3, -0.25) is 4.55 Å². The smallest absolute Gasteiger partial charge is 0.267 e. The molecule has 0 aromatic rings. The monoisotopic (exact) mass is 322 g/mol. The molecule has 0 saturated heterocycles. The highest BCUT2D eigenvalue weighted by Crippen LogP contribution is 2.17. The van der Waals surface area contributed by atoms with Gasteiger partial charge in [0.15, 0.2) is 0 Å². The Morgan fingerprint density at radius 1 is 0.762 bits per heavy atom. The normalized spacial score (nSPS) is 13.5. The van der Waals surface area contributed by atoms with E-state index in [0.29, 0.717) is 19.4 Å². The Kier molecular flexibility index (Phi) is 13.4. The first-order valence-corrected chi connectivity index (χ1v) is 10.1. The van der Waals surface area contributed by atoms with Crippen molar-refractivity contribution in [1.29, 1.82) is 0 Å². The van der Waals surface area contributed by atoms with Crippen molar-refractivity contribution in [2.24, 2.45) is 0 Å². The van der Waals surface area contributed by atoms with Gasteiger partial charge in [-0.2, -0.15) is 8.42 Å². The molecule has 0 rings (SSSR count). The van der Waals surface area contributed by atoms with Crippen LogP contribution in [0.3, 0.4) is 0 Å². The van der Waals surface area contributed by atoms with Crippen molar-refractivity contribution in [2.45, 2.75) is 95.6 Å². The van der Waals surface area contributed by atoms with E-state index < -0.39 is 15.4 Å². The molecular weight excluding hydrogens is 288 g/mol. The van der Waals surface area contributed by atoms with Gasteiger partial charge in [-0.1, -0.05) is 71.1 Å². The fraction of sp³-hybridized carbons (Fsp3) is 1.00. The summed E-state index contributed by atoms with van der Waals surface area (Å²) in [6.45, 7) is 2.25. The van der Waals surface area contributed by atoms with Gasteiger partial charge < -0.3 is 5.11 Å². The predicted molar refractivity (Wildman–Crippen MR) is 88.1 cm³/mol. The molecule has 0 bridgehead atoms. The summed E-state index contributed by atoms with van der Waals surface area (Å²) in [5.41, 5.74) is 0. The Labute approximate surface area is 131 Å². The van der Waals surface area contributed by atoms with Crippen LogP contribution in [0, 0.1) is 0 Å². The molecule has 0 aromatic carbocycles. The van der Waals surface area contributed by atoms with E-state index in [2.05, 4.69) is 0 Å². The van der Waals surface area contributed by atoms with Crippen molar-refractivity contribution in [3.63, 3.8) is 0 Å². The molecule has 0 aliphatic heterocycles. The standard InChI is InChI=1S/C16H34O4S/c1-2-13-16(21(18,19)20)14-11-9-7-5-3-4-6-8-10-12-15-17/h16-17H,2-15H2,1H3,(H,18,19,20). The van der Waals surface area contributed by atoms with Gasteiger partial charge in [0, 0.05) is 6.61 Å². The van der Waals surface area contributed by atoms with Crippen LogP contribution >= 0.6 is 0 Å². The Balaban J connectivity index is 3.42. The molecule has 0 aliphatic carbocycles. The van der Waals surface area contributed by atoms with E-state index in [1.165, 1.54) is 32.1 Å². The number of rotatable bonds is 15. The minimum Gasteiger partial charge on any atom is -0.396 e. The zero-order valence-electron chi connectivity index (χ0n) is 13.6. The van der Waals surface area contributed by atoms with Crippen LogP contribution in [0.5, 0.6) is 0 Å². The van der Waals surface area contributed by atoms with Crippen molar-refractivity contribution >= 4 is 10.1 Å². The van der Waals surface area contributed by atoms with Crippen LogP contribution in [0.1, 0.15) is 90.4 Å². The summed E-state index contributed by atoms with van der Waals surface area (Å²) in [5, 5.41) is 8.10. The zero-order chi connectivity index (χ0) is 16.0. The third-order valence-electron chi connectivity index (χ3n) is 3.97. The van der Waals surface area contributed by atoms with E-state index in [1.54, 1.807) is 0 Å². The minimum absolute atomic E-state index is 0.308. The zero-order valence-corrected chi connectivity index (χ0v) is 14.4. The van der Waals surface area contributed by atoms with E-state index in [1.807, 2.05) is 6.92 Å². The topological polar surface area (TPSA) is 74.6 Å². The van der Waals surface area contributed by atoms with Crippen LogP contribution in [0.4, 0.5) is 0 Å². The second-order valence-electron chi connectivity index (χ2n) is 5.97. The molecule has 0 fully saturated rings. The summed E-state index contributed by atoms with van der Waals surface area (Å²) < 4.78 is 31.5. The van der Waals surface area contributed by atoms with E-state index in [4.69, 9.17) is 9.66 Å². The lowest BCUT2D eigenvalue weighted by Gasteiger charge is -2.12. The molecule has 0 aromatic heterocycles. The van der Waals surface area contributed by atoms with Gasteiger partial charge in [-0.15, -0.1) is 0 Å². The molecule has 2 N–H and O–H groups in total. The molecule has 0 heterocycles. The summed E-state index contributed by atoms with van der Waals surface area (Å²) >= 11 is 0. The van der Waals surface area contributed by atoms with Gasteiger partial charge in [0.2, 0.25) is 0 Å². The number of aliphatic hydroxyl groups excluding tert-OH is 1. The highest BCUT2D eigenvalue weighted by Gasteiger charge is 2.20. The second kappa shape index (κ2) is 13.5. The lowest BCUT2D eigenvalue weighted by atomic mass is 10.0. The number of aliphatic hydroxyl groups is 1. The quantitative estimate of drug-likeness (QED) is 0.348. The highest BCUT2D eigenvalue weighted by atomic mass is 32.2. The summed E-state index contributed by atoms with van der Waals surface area (Å²) in [4.78, 5) is 0. The Hall–Kier alpha value is -0.130. The molecule has 1 unspecified atom stereocenters. The molecule has 0 aliphatic rings. The first-order chi connectivity index (χ1) is 10.0. The number of unbranched alkanes of at least 4 members (excludes halogenated alkanes) is 9. The largest absolute Gasteiger partial charge is 0.396 e. The molecule has 128 valence electrons. The van der Waals surface area contributed by atoms with Crippen LogP contribution in [0.2, 0.25) is 0 Å². The molecule has 1 atom stereocenters. The van der Waals surface area contributed by atoms with E-state index in [9.17, 15) is 8.42 Å². The summed E-state index contributed by atoms with van der Waals surface area (Å²) in [7, 11) is -3.86. The van der Waals surface area contributed by atoms with E-state index >= 15 is 0 Å². The lowest BCUT2D eigenvalue weighted by Crippen LogP contribution is -2.20. The number of hydrogen-bond donors (Lipinski definition) is 2. The fourth-order valence-corrected chi connectivity index (χ4v) is 3.66. The predicted octanol–water partition coefficient (Wildman–Crippen LogP) is 4.33. The maximum atomic E-state index is 11.2. The molecule has 5 heteroatoms. The lowest BCUT2D eigenvalue weighted by molar-refractivity contribution is 0.282. The molecule has 0 amide bonds. The van der Waals surface area contributed by atoms with Crippen LogP contribution < -0.4 is 0 Å². The fourth-order valence-electron chi connectivity index (χ4n) is 2.66. The highest BCUT2D eigenvalue weighted by molar-refractivity contribution is 7.86. The molecule has 0 spiro atoms. The summed E-state index contributed by atoms with van der Waals surface area (Å²) in [5.74, 6) is 0. The van der Waals surface area contributed by atoms with Crippen LogP contribution in [0.25, 0.3) is 0 Å². The van der Waals surface area contributed by atoms with Gasteiger partial charge in [-0.05, 0) is 19.3 Å². The van der Waals surface area contributed by atoms with Crippen molar-refractivity contribution in [1.82, 2.24) is 0 Å². The van der Waals surface area contributed by atoms with Gasteiger partial charge in [0.25, 0.3) is 10.1 Å². The average molecular weight is 323 g/mol. The molecule has 0 saturated carbocycles. The van der Waals surface area contributed by atoms with E-state index in [-0.39, 0.29) is 0 Å². The molecular formula is C16H34O4S. The maximum Gasteiger partial charge on any atom is 0.267 e. The van der Waals surface area contributed by atoms with Gasteiger partial charge in [-0.25, -0.2) is 0 Å².